The molecule has 1 saturated heterocycles. The van der Waals surface area contributed by atoms with Crippen LogP contribution in [0, 0.1) is 5.92 Å². The summed E-state index contributed by atoms with van der Waals surface area (Å²) in [5.74, 6) is -0.667. The lowest BCUT2D eigenvalue weighted by molar-refractivity contribution is -0.137. The van der Waals surface area contributed by atoms with Crippen molar-refractivity contribution in [2.75, 3.05) is 11.9 Å². The zero-order valence-electron chi connectivity index (χ0n) is 12.0. The first kappa shape index (κ1) is 13.6. The molecule has 6 heteroatoms. The van der Waals surface area contributed by atoms with E-state index in [1.807, 2.05) is 13.8 Å². The van der Waals surface area contributed by atoms with Gasteiger partial charge in [0.2, 0.25) is 5.54 Å². The average Bonchev–Trinajstić information content (AvgIpc) is 2.85. The number of anilines is 1. The number of rotatable bonds is 3. The minimum Gasteiger partial charge on any atom is -0.323 e. The van der Waals surface area contributed by atoms with Crippen LogP contribution in [0.1, 0.15) is 25.8 Å². The van der Waals surface area contributed by atoms with Gasteiger partial charge in [-0.25, -0.2) is 4.79 Å². The predicted octanol–water partition coefficient (Wildman–Crippen LogP) is 1.43. The maximum absolute atomic E-state index is 12.5. The summed E-state index contributed by atoms with van der Waals surface area (Å²) in [7, 11) is 0. The minimum absolute atomic E-state index is 0.358. The van der Waals surface area contributed by atoms with Gasteiger partial charge in [0.1, 0.15) is 0 Å². The molecule has 1 spiro atoms. The number of amides is 4. The van der Waals surface area contributed by atoms with Crippen molar-refractivity contribution in [3.63, 3.8) is 0 Å². The quantitative estimate of drug-likeness (QED) is 0.652. The summed E-state index contributed by atoms with van der Waals surface area (Å²) in [4.78, 5) is 38.4. The van der Waals surface area contributed by atoms with E-state index in [0.29, 0.717) is 23.7 Å². The van der Waals surface area contributed by atoms with E-state index in [1.165, 1.54) is 4.90 Å². The predicted molar refractivity (Wildman–Crippen MR) is 76.4 cm³/mol. The van der Waals surface area contributed by atoms with Gasteiger partial charge >= 0.3 is 6.03 Å². The number of nitrogens with zero attached hydrogens (tertiary/aromatic N) is 1. The van der Waals surface area contributed by atoms with Gasteiger partial charge in [-0.3, -0.25) is 19.8 Å². The van der Waals surface area contributed by atoms with Crippen LogP contribution >= 0.6 is 0 Å². The number of para-hydroxylation sites is 1. The Morgan fingerprint density at radius 2 is 1.76 bits per heavy atom. The largest absolute Gasteiger partial charge is 0.325 e. The molecule has 3 rings (SSSR count). The standard InChI is InChI=1S/C15H17N3O3/c1-9(2)7-8-18-14(21)17-13(20)15(18)10-5-3-4-6-11(10)16-12(15)19/h3-6,9H,7-8H2,1-2H3,(H,16,19)(H,17,20,21)/t15-/m1/s1. The Kier molecular flexibility index (Phi) is 2.97. The van der Waals surface area contributed by atoms with Crippen LogP contribution in [0.3, 0.4) is 0 Å². The van der Waals surface area contributed by atoms with Crippen molar-refractivity contribution in [3.05, 3.63) is 29.8 Å². The van der Waals surface area contributed by atoms with E-state index in [4.69, 9.17) is 0 Å². The SMILES string of the molecule is CC(C)CCN1C(=O)NC(=O)[C@@]12C(=O)Nc1ccccc12. The molecular weight excluding hydrogens is 270 g/mol. The molecule has 0 bridgehead atoms. The van der Waals surface area contributed by atoms with Gasteiger partial charge in [-0.15, -0.1) is 0 Å². The van der Waals surface area contributed by atoms with Gasteiger partial charge in [-0.1, -0.05) is 32.0 Å². The minimum atomic E-state index is -1.55. The van der Waals surface area contributed by atoms with Gasteiger partial charge in [0.15, 0.2) is 0 Å². The highest BCUT2D eigenvalue weighted by Crippen LogP contribution is 2.43. The van der Waals surface area contributed by atoms with Crippen LogP contribution in [0.5, 0.6) is 0 Å². The summed E-state index contributed by atoms with van der Waals surface area (Å²) in [5.41, 5.74) is -0.424. The van der Waals surface area contributed by atoms with Gasteiger partial charge in [0.25, 0.3) is 11.8 Å². The summed E-state index contributed by atoms with van der Waals surface area (Å²) in [6.07, 6.45) is 0.720. The van der Waals surface area contributed by atoms with Gasteiger partial charge < -0.3 is 5.32 Å². The smallest absolute Gasteiger partial charge is 0.323 e. The molecule has 110 valence electrons. The first-order valence-corrected chi connectivity index (χ1v) is 7.02. The lowest BCUT2D eigenvalue weighted by atomic mass is 9.89. The van der Waals surface area contributed by atoms with Gasteiger partial charge in [-0.2, -0.15) is 0 Å². The van der Waals surface area contributed by atoms with E-state index >= 15 is 0 Å². The molecule has 1 aromatic carbocycles. The molecular formula is C15H17N3O3. The van der Waals surface area contributed by atoms with Crippen molar-refractivity contribution >= 4 is 23.5 Å². The lowest BCUT2D eigenvalue weighted by Crippen LogP contribution is -2.52. The molecule has 1 aromatic rings. The van der Waals surface area contributed by atoms with Crippen LogP contribution in [-0.4, -0.2) is 29.3 Å². The Morgan fingerprint density at radius 3 is 2.48 bits per heavy atom. The van der Waals surface area contributed by atoms with Crippen LogP contribution in [-0.2, 0) is 15.1 Å². The van der Waals surface area contributed by atoms with E-state index in [1.54, 1.807) is 24.3 Å². The number of hydrogen-bond donors (Lipinski definition) is 2. The topological polar surface area (TPSA) is 78.5 Å². The molecule has 21 heavy (non-hydrogen) atoms. The third-order valence-corrected chi connectivity index (χ3v) is 4.02. The van der Waals surface area contributed by atoms with E-state index in [9.17, 15) is 14.4 Å². The third kappa shape index (κ3) is 1.75. The van der Waals surface area contributed by atoms with Crippen molar-refractivity contribution in [2.45, 2.75) is 25.8 Å². The third-order valence-electron chi connectivity index (χ3n) is 4.02. The summed E-state index contributed by atoms with van der Waals surface area (Å²) in [6.45, 7) is 4.42. The number of hydrogen-bond acceptors (Lipinski definition) is 3. The van der Waals surface area contributed by atoms with Crippen LogP contribution in [0.4, 0.5) is 10.5 Å². The van der Waals surface area contributed by atoms with Crippen LogP contribution in [0.25, 0.3) is 0 Å². The summed E-state index contributed by atoms with van der Waals surface area (Å²) >= 11 is 0. The first-order chi connectivity index (χ1) is 9.97. The van der Waals surface area contributed by atoms with Gasteiger partial charge in [0.05, 0.1) is 0 Å². The van der Waals surface area contributed by atoms with Crippen molar-refractivity contribution in [3.8, 4) is 0 Å². The summed E-state index contributed by atoms with van der Waals surface area (Å²) in [5, 5.41) is 4.99. The Labute approximate surface area is 122 Å². The molecule has 0 aromatic heterocycles. The van der Waals surface area contributed by atoms with Crippen molar-refractivity contribution < 1.29 is 14.4 Å². The fourth-order valence-electron chi connectivity index (χ4n) is 2.92. The number of carbonyl (C=O) groups excluding carboxylic acids is 3. The molecule has 0 aliphatic carbocycles. The molecule has 4 amide bonds. The molecule has 2 aliphatic rings. The number of benzene rings is 1. The lowest BCUT2D eigenvalue weighted by Gasteiger charge is -2.30. The maximum atomic E-state index is 12.5. The molecule has 1 atom stereocenters. The fourth-order valence-corrected chi connectivity index (χ4v) is 2.92. The zero-order chi connectivity index (χ0) is 15.2. The molecule has 0 unspecified atom stereocenters. The Morgan fingerprint density at radius 1 is 1.10 bits per heavy atom. The maximum Gasteiger partial charge on any atom is 0.325 e. The first-order valence-electron chi connectivity index (χ1n) is 7.02. The Balaban J connectivity index is 2.10. The summed E-state index contributed by atoms with van der Waals surface area (Å²) in [6, 6.07) is 6.49. The van der Waals surface area contributed by atoms with Crippen molar-refractivity contribution in [1.82, 2.24) is 10.2 Å². The number of urea groups is 1. The second-order valence-electron chi connectivity index (χ2n) is 5.80. The van der Waals surface area contributed by atoms with Crippen molar-refractivity contribution in [2.24, 2.45) is 5.92 Å². The Bertz CT molecular complexity index is 641. The zero-order valence-corrected chi connectivity index (χ0v) is 12.0. The van der Waals surface area contributed by atoms with Crippen LogP contribution in [0.2, 0.25) is 0 Å². The molecule has 0 radical (unpaired) electrons. The number of nitrogens with one attached hydrogen (secondary N) is 2. The fraction of sp³-hybridized carbons (Fsp3) is 0.400. The van der Waals surface area contributed by atoms with Crippen LogP contribution in [0.15, 0.2) is 24.3 Å². The van der Waals surface area contributed by atoms with Gasteiger partial charge in [0, 0.05) is 17.8 Å². The average molecular weight is 287 g/mol. The summed E-state index contributed by atoms with van der Waals surface area (Å²) < 4.78 is 0. The van der Waals surface area contributed by atoms with Crippen LogP contribution < -0.4 is 10.6 Å². The monoisotopic (exact) mass is 287 g/mol. The van der Waals surface area contributed by atoms with E-state index < -0.39 is 23.4 Å². The molecule has 1 fully saturated rings. The second-order valence-corrected chi connectivity index (χ2v) is 5.80. The molecule has 2 N–H and O–H groups in total. The van der Waals surface area contributed by atoms with Gasteiger partial charge in [-0.05, 0) is 18.4 Å². The molecule has 0 saturated carbocycles. The highest BCUT2D eigenvalue weighted by Gasteiger charge is 2.63. The molecule has 2 heterocycles. The normalized spacial score (nSPS) is 23.8. The number of carbonyl (C=O) groups is 3. The van der Waals surface area contributed by atoms with E-state index in [2.05, 4.69) is 10.6 Å². The number of fused-ring (bicyclic) bond motifs is 2. The second kappa shape index (κ2) is 4.58. The molecule has 6 nitrogen and oxygen atoms in total. The highest BCUT2D eigenvalue weighted by molar-refractivity contribution is 6.26. The van der Waals surface area contributed by atoms with E-state index in [-0.39, 0.29) is 0 Å². The number of imide groups is 1. The highest BCUT2D eigenvalue weighted by atomic mass is 16.2. The molecule has 2 aliphatic heterocycles. The van der Waals surface area contributed by atoms with Crippen molar-refractivity contribution in [1.29, 1.82) is 0 Å². The Hall–Kier alpha value is -2.37. The van der Waals surface area contributed by atoms with E-state index in [0.717, 1.165) is 6.42 Å².